The number of phenols is 1. The molecule has 21 heavy (non-hydrogen) atoms. The molecule has 0 unspecified atom stereocenters. The van der Waals surface area contributed by atoms with E-state index in [9.17, 15) is 15.0 Å². The van der Waals surface area contributed by atoms with Crippen LogP contribution in [0.4, 0.5) is 5.69 Å². The van der Waals surface area contributed by atoms with Crippen molar-refractivity contribution in [2.24, 2.45) is 0 Å². The van der Waals surface area contributed by atoms with Gasteiger partial charge < -0.3 is 25.1 Å². The van der Waals surface area contributed by atoms with Crippen LogP contribution in [0.2, 0.25) is 0 Å². The van der Waals surface area contributed by atoms with Crippen molar-refractivity contribution in [1.29, 1.82) is 0 Å². The fraction of sp³-hybridized carbons (Fsp3) is 0.188. The molecule has 0 aliphatic heterocycles. The molecule has 0 bridgehead atoms. The van der Waals surface area contributed by atoms with E-state index < -0.39 is 5.97 Å². The molecule has 0 saturated heterocycles. The first-order valence-electron chi connectivity index (χ1n) is 6.43. The van der Waals surface area contributed by atoms with Gasteiger partial charge in [-0.2, -0.15) is 0 Å². The van der Waals surface area contributed by atoms with Gasteiger partial charge in [-0.3, -0.25) is 0 Å². The monoisotopic (exact) mass is 286 g/mol. The van der Waals surface area contributed by atoms with E-state index in [2.05, 4.69) is 5.32 Å². The maximum absolute atomic E-state index is 10.9. The molecule has 0 fully saturated rings. The van der Waals surface area contributed by atoms with Crippen LogP contribution in [0.25, 0.3) is 0 Å². The zero-order chi connectivity index (χ0) is 15.4. The Morgan fingerprint density at radius 2 is 2.10 bits per heavy atom. The Hall–Kier alpha value is -2.69. The third-order valence-corrected chi connectivity index (χ3v) is 3.25. The summed E-state index contributed by atoms with van der Waals surface area (Å²) >= 11 is 0. The van der Waals surface area contributed by atoms with Crippen LogP contribution >= 0.6 is 0 Å². The normalized spacial score (nSPS) is 10.2. The van der Waals surface area contributed by atoms with Crippen molar-refractivity contribution in [3.05, 3.63) is 53.1 Å². The summed E-state index contributed by atoms with van der Waals surface area (Å²) in [7, 11) is 1.49. The molecule has 2 N–H and O–H groups in total. The molecule has 0 aliphatic rings. The number of nitrogens with one attached hydrogen (secondary N) is 1. The lowest BCUT2D eigenvalue weighted by Crippen LogP contribution is -2.22. The summed E-state index contributed by atoms with van der Waals surface area (Å²) in [6, 6.07) is 9.93. The largest absolute Gasteiger partial charge is 0.545 e. The van der Waals surface area contributed by atoms with E-state index in [-0.39, 0.29) is 11.3 Å². The molecule has 0 saturated carbocycles. The topological polar surface area (TPSA) is 81.6 Å². The minimum absolute atomic E-state index is 0.0706. The summed E-state index contributed by atoms with van der Waals surface area (Å²) < 4.78 is 5.05. The molecular weight excluding hydrogens is 270 g/mol. The second-order valence-corrected chi connectivity index (χ2v) is 4.64. The number of benzene rings is 2. The van der Waals surface area contributed by atoms with Crippen LogP contribution in [0.15, 0.2) is 36.4 Å². The van der Waals surface area contributed by atoms with Gasteiger partial charge in [0.15, 0.2) is 11.5 Å². The van der Waals surface area contributed by atoms with E-state index in [1.54, 1.807) is 24.3 Å². The van der Waals surface area contributed by atoms with Crippen LogP contribution in [0.3, 0.4) is 0 Å². The fourth-order valence-electron chi connectivity index (χ4n) is 2.01. The molecule has 0 aliphatic carbocycles. The number of carboxylic acids is 1. The highest BCUT2D eigenvalue weighted by Crippen LogP contribution is 2.30. The van der Waals surface area contributed by atoms with E-state index >= 15 is 0 Å². The molecule has 2 rings (SSSR count). The van der Waals surface area contributed by atoms with Crippen molar-refractivity contribution in [2.45, 2.75) is 13.5 Å². The van der Waals surface area contributed by atoms with Crippen molar-refractivity contribution in [1.82, 2.24) is 0 Å². The number of aromatic hydroxyl groups is 1. The lowest BCUT2D eigenvalue weighted by Gasteiger charge is -2.14. The summed E-state index contributed by atoms with van der Waals surface area (Å²) in [5.41, 5.74) is 2.35. The molecule has 0 aromatic heterocycles. The first-order valence-corrected chi connectivity index (χ1v) is 6.43. The third-order valence-electron chi connectivity index (χ3n) is 3.25. The van der Waals surface area contributed by atoms with Crippen LogP contribution in [-0.2, 0) is 6.54 Å². The van der Waals surface area contributed by atoms with Gasteiger partial charge in [0.05, 0.1) is 13.1 Å². The number of carbonyl (C=O) groups is 1. The first kappa shape index (κ1) is 14.7. The second-order valence-electron chi connectivity index (χ2n) is 4.64. The smallest absolute Gasteiger partial charge is 0.162 e. The van der Waals surface area contributed by atoms with Gasteiger partial charge in [0, 0.05) is 17.8 Å². The molecule has 2 aromatic rings. The zero-order valence-corrected chi connectivity index (χ0v) is 11.8. The minimum atomic E-state index is -1.22. The summed E-state index contributed by atoms with van der Waals surface area (Å²) in [6.07, 6.45) is 0. The molecule has 0 amide bonds. The van der Waals surface area contributed by atoms with E-state index in [1.807, 2.05) is 6.92 Å². The molecular formula is C16H16NO4-. The molecule has 0 atom stereocenters. The predicted octanol–water partition coefficient (Wildman–Crippen LogP) is 1.68. The molecule has 110 valence electrons. The van der Waals surface area contributed by atoms with Gasteiger partial charge in [0.1, 0.15) is 0 Å². The van der Waals surface area contributed by atoms with Gasteiger partial charge in [-0.05, 0) is 30.2 Å². The summed E-state index contributed by atoms with van der Waals surface area (Å²) in [6.45, 7) is 2.22. The van der Waals surface area contributed by atoms with Crippen molar-refractivity contribution in [2.75, 3.05) is 12.4 Å². The van der Waals surface area contributed by atoms with E-state index in [0.717, 1.165) is 5.56 Å². The standard InChI is InChI=1S/C16H17NO4/c1-10-6-7-11(16(19)20)8-13(10)17-9-12-4-3-5-14(21-2)15(12)18/h3-8,17-18H,9H2,1-2H3,(H,19,20)/p-1. The van der Waals surface area contributed by atoms with E-state index in [4.69, 9.17) is 4.74 Å². The molecule has 5 heteroatoms. The Bertz CT molecular complexity index is 667. The zero-order valence-electron chi connectivity index (χ0n) is 11.8. The number of carbonyl (C=O) groups excluding carboxylic acids is 1. The maximum Gasteiger partial charge on any atom is 0.162 e. The lowest BCUT2D eigenvalue weighted by atomic mass is 10.1. The Labute approximate surface area is 122 Å². The molecule has 0 spiro atoms. The number of aryl methyl sites for hydroxylation is 1. The van der Waals surface area contributed by atoms with Gasteiger partial charge >= 0.3 is 0 Å². The molecule has 2 aromatic carbocycles. The van der Waals surface area contributed by atoms with Gasteiger partial charge in [-0.15, -0.1) is 0 Å². The van der Waals surface area contributed by atoms with E-state index in [0.29, 0.717) is 23.5 Å². The van der Waals surface area contributed by atoms with Gasteiger partial charge in [0.25, 0.3) is 0 Å². The van der Waals surface area contributed by atoms with Crippen LogP contribution in [0, 0.1) is 6.92 Å². The maximum atomic E-state index is 10.9. The van der Waals surface area contributed by atoms with Crippen molar-refractivity contribution >= 4 is 11.7 Å². The van der Waals surface area contributed by atoms with E-state index in [1.165, 1.54) is 19.2 Å². The average Bonchev–Trinajstić information content (AvgIpc) is 2.47. The second kappa shape index (κ2) is 6.17. The number of para-hydroxylation sites is 1. The highest BCUT2D eigenvalue weighted by atomic mass is 16.5. The van der Waals surface area contributed by atoms with Crippen molar-refractivity contribution in [3.8, 4) is 11.5 Å². The number of aromatic carboxylic acids is 1. The van der Waals surface area contributed by atoms with Crippen molar-refractivity contribution in [3.63, 3.8) is 0 Å². The Morgan fingerprint density at radius 3 is 2.76 bits per heavy atom. The number of anilines is 1. The quantitative estimate of drug-likeness (QED) is 0.874. The van der Waals surface area contributed by atoms with Crippen LogP contribution in [0.5, 0.6) is 11.5 Å². The molecule has 0 radical (unpaired) electrons. The Morgan fingerprint density at radius 1 is 1.33 bits per heavy atom. The third kappa shape index (κ3) is 3.25. The SMILES string of the molecule is COc1cccc(CNc2cc(C(=O)[O-])ccc2C)c1O. The average molecular weight is 286 g/mol. The van der Waals surface area contributed by atoms with Crippen molar-refractivity contribution < 1.29 is 19.7 Å². The number of hydrogen-bond donors (Lipinski definition) is 2. The predicted molar refractivity (Wildman–Crippen MR) is 77.5 cm³/mol. The summed E-state index contributed by atoms with van der Waals surface area (Å²) in [5.74, 6) is -0.752. The molecule has 5 nitrogen and oxygen atoms in total. The number of phenolic OH excluding ortho intramolecular Hbond substituents is 1. The fourth-order valence-corrected chi connectivity index (χ4v) is 2.01. The van der Waals surface area contributed by atoms with Crippen LogP contribution in [0.1, 0.15) is 21.5 Å². The highest BCUT2D eigenvalue weighted by molar-refractivity contribution is 5.87. The summed E-state index contributed by atoms with van der Waals surface area (Å²) in [4.78, 5) is 10.9. The van der Waals surface area contributed by atoms with Gasteiger partial charge in [0.2, 0.25) is 0 Å². The number of rotatable bonds is 5. The molecule has 0 heterocycles. The number of methoxy groups -OCH3 is 1. The lowest BCUT2D eigenvalue weighted by molar-refractivity contribution is -0.255. The highest BCUT2D eigenvalue weighted by Gasteiger charge is 2.08. The first-order chi connectivity index (χ1) is 10.0. The van der Waals surface area contributed by atoms with Gasteiger partial charge in [-0.1, -0.05) is 24.3 Å². The van der Waals surface area contributed by atoms with Gasteiger partial charge in [-0.25, -0.2) is 0 Å². The minimum Gasteiger partial charge on any atom is -0.545 e. The Kier molecular flexibility index (Phi) is 4.33. The Balaban J connectivity index is 2.20. The number of hydrogen-bond acceptors (Lipinski definition) is 5. The van der Waals surface area contributed by atoms with Crippen LogP contribution in [-0.4, -0.2) is 18.2 Å². The van der Waals surface area contributed by atoms with Crippen LogP contribution < -0.4 is 15.2 Å². The number of carboxylic acid groups (broad SMARTS) is 1. The summed E-state index contributed by atoms with van der Waals surface area (Å²) in [5, 5.41) is 24.0. The number of ether oxygens (including phenoxy) is 1.